The van der Waals surface area contributed by atoms with Gasteiger partial charge in [0, 0.05) is 23.6 Å². The van der Waals surface area contributed by atoms with E-state index in [0.717, 1.165) is 11.3 Å². The second-order valence-corrected chi connectivity index (χ2v) is 6.79. The van der Waals surface area contributed by atoms with Crippen LogP contribution in [0.3, 0.4) is 0 Å². The summed E-state index contributed by atoms with van der Waals surface area (Å²) >= 11 is 0. The number of benzene rings is 2. The molecule has 1 aliphatic rings. The van der Waals surface area contributed by atoms with Crippen molar-refractivity contribution in [2.45, 2.75) is 38.3 Å². The van der Waals surface area contributed by atoms with Crippen molar-refractivity contribution in [3.63, 3.8) is 0 Å². The van der Waals surface area contributed by atoms with Gasteiger partial charge < -0.3 is 10.1 Å². The Labute approximate surface area is 146 Å². The molecule has 0 fully saturated rings. The first-order valence-electron chi connectivity index (χ1n) is 8.15. The van der Waals surface area contributed by atoms with Gasteiger partial charge in [-0.1, -0.05) is 36.4 Å². The van der Waals surface area contributed by atoms with Gasteiger partial charge in [-0.3, -0.25) is 14.9 Å². The van der Waals surface area contributed by atoms with Crippen LogP contribution in [0.5, 0.6) is 5.75 Å². The first-order chi connectivity index (χ1) is 11.9. The molecule has 0 unspecified atom stereocenters. The summed E-state index contributed by atoms with van der Waals surface area (Å²) < 4.78 is 5.96. The number of amides is 1. The molecule has 0 bridgehead atoms. The van der Waals surface area contributed by atoms with Crippen LogP contribution in [-0.2, 0) is 11.2 Å². The quantitative estimate of drug-likeness (QED) is 0.681. The van der Waals surface area contributed by atoms with Crippen LogP contribution in [0, 0.1) is 10.1 Å². The number of rotatable bonds is 4. The largest absolute Gasteiger partial charge is 0.487 e. The molecular formula is C19H20N2O4. The molecule has 6 nitrogen and oxygen atoms in total. The Bertz CT molecular complexity index is 817. The first kappa shape index (κ1) is 17.0. The Hall–Kier alpha value is -2.89. The molecule has 2 aromatic carbocycles. The van der Waals surface area contributed by atoms with Crippen LogP contribution in [0.2, 0.25) is 0 Å². The van der Waals surface area contributed by atoms with E-state index in [4.69, 9.17) is 4.74 Å². The smallest absolute Gasteiger partial charge is 0.273 e. The number of hydrogen-bond donors (Lipinski definition) is 1. The van der Waals surface area contributed by atoms with Gasteiger partial charge in [-0.2, -0.15) is 0 Å². The molecule has 1 atom stereocenters. The molecule has 0 aliphatic carbocycles. The minimum Gasteiger partial charge on any atom is -0.487 e. The van der Waals surface area contributed by atoms with Gasteiger partial charge in [0.15, 0.2) is 0 Å². The van der Waals surface area contributed by atoms with Gasteiger partial charge >= 0.3 is 0 Å². The number of nitro benzene ring substituents is 1. The van der Waals surface area contributed by atoms with E-state index in [2.05, 4.69) is 5.32 Å². The van der Waals surface area contributed by atoms with E-state index in [-0.39, 0.29) is 24.1 Å². The van der Waals surface area contributed by atoms with E-state index in [1.807, 2.05) is 38.1 Å². The summed E-state index contributed by atoms with van der Waals surface area (Å²) in [5, 5.41) is 14.1. The Balaban J connectivity index is 1.79. The lowest BCUT2D eigenvalue weighted by atomic mass is 9.89. The molecule has 1 aliphatic heterocycles. The highest BCUT2D eigenvalue weighted by Gasteiger charge is 2.34. The molecule has 1 amide bonds. The van der Waals surface area contributed by atoms with Crippen LogP contribution in [0.15, 0.2) is 48.5 Å². The van der Waals surface area contributed by atoms with E-state index in [9.17, 15) is 14.9 Å². The minimum absolute atomic E-state index is 0.0306. The van der Waals surface area contributed by atoms with E-state index in [1.54, 1.807) is 18.2 Å². The summed E-state index contributed by atoms with van der Waals surface area (Å²) in [7, 11) is 0. The highest BCUT2D eigenvalue weighted by atomic mass is 16.6. The highest BCUT2D eigenvalue weighted by molar-refractivity contribution is 5.80. The molecule has 6 heteroatoms. The molecule has 25 heavy (non-hydrogen) atoms. The van der Waals surface area contributed by atoms with Crippen LogP contribution >= 0.6 is 0 Å². The predicted molar refractivity (Wildman–Crippen MR) is 93.5 cm³/mol. The predicted octanol–water partition coefficient (Wildman–Crippen LogP) is 3.56. The molecule has 0 aromatic heterocycles. The second-order valence-electron chi connectivity index (χ2n) is 6.79. The van der Waals surface area contributed by atoms with Crippen molar-refractivity contribution in [2.24, 2.45) is 0 Å². The van der Waals surface area contributed by atoms with Gasteiger partial charge in [0.1, 0.15) is 11.4 Å². The molecule has 1 heterocycles. The van der Waals surface area contributed by atoms with E-state index in [0.29, 0.717) is 12.0 Å². The SMILES string of the molecule is CC1(C)C[C@H](NC(=O)Cc2ccccc2[N+](=O)[O-])c2ccccc2O1. The number of carbonyl (C=O) groups is 1. The molecule has 2 aromatic rings. The van der Waals surface area contributed by atoms with E-state index < -0.39 is 10.5 Å². The second kappa shape index (κ2) is 6.55. The van der Waals surface area contributed by atoms with Crippen molar-refractivity contribution in [2.75, 3.05) is 0 Å². The lowest BCUT2D eigenvalue weighted by Crippen LogP contribution is -2.41. The van der Waals surface area contributed by atoms with Crippen LogP contribution in [-0.4, -0.2) is 16.4 Å². The number of nitrogens with zero attached hydrogens (tertiary/aromatic N) is 1. The van der Waals surface area contributed by atoms with Gasteiger partial charge in [-0.25, -0.2) is 0 Å². The Kier molecular flexibility index (Phi) is 4.44. The fourth-order valence-electron chi connectivity index (χ4n) is 3.19. The molecule has 0 saturated carbocycles. The maximum Gasteiger partial charge on any atom is 0.273 e. The molecule has 130 valence electrons. The van der Waals surface area contributed by atoms with E-state index in [1.165, 1.54) is 6.07 Å². The lowest BCUT2D eigenvalue weighted by molar-refractivity contribution is -0.385. The van der Waals surface area contributed by atoms with Gasteiger partial charge in [-0.15, -0.1) is 0 Å². The zero-order valence-electron chi connectivity index (χ0n) is 14.2. The number of para-hydroxylation sites is 2. The zero-order valence-corrected chi connectivity index (χ0v) is 14.2. The van der Waals surface area contributed by atoms with Gasteiger partial charge in [0.05, 0.1) is 17.4 Å². The average molecular weight is 340 g/mol. The maximum atomic E-state index is 12.5. The number of nitrogens with one attached hydrogen (secondary N) is 1. The number of ether oxygens (including phenoxy) is 1. The third kappa shape index (κ3) is 3.79. The normalized spacial score (nSPS) is 17.9. The third-order valence-corrected chi connectivity index (χ3v) is 4.25. The van der Waals surface area contributed by atoms with Crippen molar-refractivity contribution in [3.05, 3.63) is 69.8 Å². The monoisotopic (exact) mass is 340 g/mol. The van der Waals surface area contributed by atoms with Crippen LogP contribution in [0.4, 0.5) is 5.69 Å². The van der Waals surface area contributed by atoms with E-state index >= 15 is 0 Å². The standard InChI is InChI=1S/C19H20N2O4/c1-19(2)12-15(14-8-4-6-10-17(14)25-19)20-18(22)11-13-7-3-5-9-16(13)21(23)24/h3-10,15H,11-12H2,1-2H3,(H,20,22)/t15-/m0/s1. The van der Waals surface area contributed by atoms with Crippen LogP contribution in [0.1, 0.15) is 37.4 Å². The summed E-state index contributed by atoms with van der Waals surface area (Å²) in [5.41, 5.74) is 0.901. The summed E-state index contributed by atoms with van der Waals surface area (Å²) in [5.74, 6) is 0.515. The average Bonchev–Trinajstić information content (AvgIpc) is 2.54. The zero-order chi connectivity index (χ0) is 18.0. The van der Waals surface area contributed by atoms with Crippen molar-refractivity contribution >= 4 is 11.6 Å². The number of hydrogen-bond acceptors (Lipinski definition) is 4. The molecule has 0 radical (unpaired) electrons. The summed E-state index contributed by atoms with van der Waals surface area (Å²) in [6.45, 7) is 3.95. The van der Waals surface area contributed by atoms with Crippen molar-refractivity contribution in [1.29, 1.82) is 0 Å². The Morgan fingerprint density at radius 3 is 2.68 bits per heavy atom. The molecule has 3 rings (SSSR count). The van der Waals surface area contributed by atoms with Crippen molar-refractivity contribution in [3.8, 4) is 5.75 Å². The first-order valence-corrected chi connectivity index (χ1v) is 8.15. The van der Waals surface area contributed by atoms with Crippen LogP contribution < -0.4 is 10.1 Å². The Morgan fingerprint density at radius 1 is 1.24 bits per heavy atom. The maximum absolute atomic E-state index is 12.5. The van der Waals surface area contributed by atoms with Crippen LogP contribution in [0.25, 0.3) is 0 Å². The fourth-order valence-corrected chi connectivity index (χ4v) is 3.19. The molecule has 1 N–H and O–H groups in total. The van der Waals surface area contributed by atoms with Gasteiger partial charge in [-0.05, 0) is 19.9 Å². The summed E-state index contributed by atoms with van der Waals surface area (Å²) in [4.78, 5) is 23.1. The van der Waals surface area contributed by atoms with Gasteiger partial charge in [0.2, 0.25) is 5.91 Å². The topological polar surface area (TPSA) is 81.5 Å². The summed E-state index contributed by atoms with van der Waals surface area (Å²) in [6, 6.07) is 13.7. The van der Waals surface area contributed by atoms with Crippen molar-refractivity contribution < 1.29 is 14.5 Å². The lowest BCUT2D eigenvalue weighted by Gasteiger charge is -2.37. The molecular weight excluding hydrogens is 320 g/mol. The highest BCUT2D eigenvalue weighted by Crippen LogP contribution is 2.39. The number of nitro groups is 1. The minimum atomic E-state index is -0.463. The van der Waals surface area contributed by atoms with Gasteiger partial charge in [0.25, 0.3) is 5.69 Å². The summed E-state index contributed by atoms with van der Waals surface area (Å²) in [6.07, 6.45) is 0.601. The number of carbonyl (C=O) groups excluding carboxylic acids is 1. The molecule has 0 saturated heterocycles. The van der Waals surface area contributed by atoms with Crippen molar-refractivity contribution in [1.82, 2.24) is 5.32 Å². The number of fused-ring (bicyclic) bond motifs is 1. The fraction of sp³-hybridized carbons (Fsp3) is 0.316. The molecule has 0 spiro atoms. The Morgan fingerprint density at radius 2 is 1.92 bits per heavy atom. The third-order valence-electron chi connectivity index (χ3n) is 4.25.